The maximum Gasteiger partial charge on any atom is 0.123 e. The van der Waals surface area contributed by atoms with Crippen molar-refractivity contribution >= 4 is 24.0 Å². The van der Waals surface area contributed by atoms with Crippen molar-refractivity contribution in [1.29, 1.82) is 0 Å². The molecule has 0 bridgehead atoms. The van der Waals surface area contributed by atoms with Gasteiger partial charge in [0.05, 0.1) is 12.1 Å². The van der Waals surface area contributed by atoms with Gasteiger partial charge in [-0.3, -0.25) is 0 Å². The Bertz CT molecular complexity index is 358. The minimum Gasteiger partial charge on any atom is -0.507 e. The minimum atomic E-state index is -0.672. The van der Waals surface area contributed by atoms with E-state index in [1.807, 2.05) is 6.92 Å². The van der Waals surface area contributed by atoms with Gasteiger partial charge in [0.15, 0.2) is 0 Å². The van der Waals surface area contributed by atoms with Crippen LogP contribution < -0.4 is 5.73 Å². The van der Waals surface area contributed by atoms with Crippen molar-refractivity contribution in [3.05, 3.63) is 28.3 Å². The van der Waals surface area contributed by atoms with Crippen molar-refractivity contribution in [3.8, 4) is 5.75 Å². The third kappa shape index (κ3) is 3.25. The summed E-state index contributed by atoms with van der Waals surface area (Å²) in [6, 6.07) is 2.64. The Balaban J connectivity index is 0.00000225. The molecule has 1 rings (SSSR count). The van der Waals surface area contributed by atoms with Crippen LogP contribution >= 0.6 is 24.0 Å². The first-order valence-corrected chi connectivity index (χ1v) is 5.27. The Morgan fingerprint density at radius 1 is 1.44 bits per heavy atom. The fraction of sp³-hybridized carbons (Fsp3) is 0.455. The van der Waals surface area contributed by atoms with Gasteiger partial charge in [0.1, 0.15) is 5.75 Å². The lowest BCUT2D eigenvalue weighted by Gasteiger charge is -2.19. The summed E-state index contributed by atoms with van der Waals surface area (Å²) in [4.78, 5) is 0. The summed E-state index contributed by atoms with van der Waals surface area (Å²) in [5, 5.41) is 19.9. The fourth-order valence-electron chi connectivity index (χ4n) is 1.48. The van der Waals surface area contributed by atoms with Crippen LogP contribution in [0.3, 0.4) is 0 Å². The van der Waals surface area contributed by atoms with Gasteiger partial charge in [-0.1, -0.05) is 18.5 Å². The summed E-state index contributed by atoms with van der Waals surface area (Å²) in [6.45, 7) is 3.58. The van der Waals surface area contributed by atoms with E-state index in [9.17, 15) is 10.2 Å². The van der Waals surface area contributed by atoms with E-state index in [0.717, 1.165) is 0 Å². The average molecular weight is 266 g/mol. The van der Waals surface area contributed by atoms with Crippen LogP contribution in [-0.2, 0) is 0 Å². The highest BCUT2D eigenvalue weighted by Crippen LogP contribution is 2.31. The van der Waals surface area contributed by atoms with E-state index in [0.29, 0.717) is 22.6 Å². The van der Waals surface area contributed by atoms with Gasteiger partial charge in [0.2, 0.25) is 0 Å². The smallest absolute Gasteiger partial charge is 0.123 e. The molecule has 1 aromatic rings. The monoisotopic (exact) mass is 265 g/mol. The van der Waals surface area contributed by atoms with E-state index < -0.39 is 12.1 Å². The molecule has 4 N–H and O–H groups in total. The number of aryl methyl sites for hydroxylation is 1. The lowest BCUT2D eigenvalue weighted by atomic mass is 9.98. The number of aliphatic hydroxyl groups excluding tert-OH is 1. The molecular formula is C11H17Cl2NO2. The Labute approximate surface area is 107 Å². The maximum absolute atomic E-state index is 9.79. The maximum atomic E-state index is 9.79. The second-order valence-corrected chi connectivity index (χ2v) is 4.10. The molecule has 0 radical (unpaired) electrons. The fourth-order valence-corrected chi connectivity index (χ4v) is 1.76. The molecule has 0 aliphatic carbocycles. The van der Waals surface area contributed by atoms with Crippen LogP contribution in [0.25, 0.3) is 0 Å². The van der Waals surface area contributed by atoms with Gasteiger partial charge < -0.3 is 15.9 Å². The van der Waals surface area contributed by atoms with E-state index in [1.54, 1.807) is 19.1 Å². The Kier molecular flexibility index (Phi) is 6.11. The second kappa shape index (κ2) is 6.30. The zero-order valence-electron chi connectivity index (χ0n) is 9.27. The van der Waals surface area contributed by atoms with Crippen LogP contribution in [0.15, 0.2) is 12.1 Å². The van der Waals surface area contributed by atoms with Crippen LogP contribution in [0.5, 0.6) is 5.75 Å². The Morgan fingerprint density at radius 2 is 2.00 bits per heavy atom. The predicted octanol–water partition coefficient (Wildman–Crippen LogP) is 2.55. The topological polar surface area (TPSA) is 66.5 Å². The first-order chi connectivity index (χ1) is 6.97. The largest absolute Gasteiger partial charge is 0.507 e. The quantitative estimate of drug-likeness (QED) is 0.787. The van der Waals surface area contributed by atoms with Crippen molar-refractivity contribution < 1.29 is 10.2 Å². The van der Waals surface area contributed by atoms with Crippen LogP contribution in [0, 0.1) is 6.92 Å². The third-order valence-corrected chi connectivity index (χ3v) is 2.70. The molecule has 0 aliphatic rings. The van der Waals surface area contributed by atoms with Gasteiger partial charge in [0.25, 0.3) is 0 Å². The van der Waals surface area contributed by atoms with E-state index in [2.05, 4.69) is 0 Å². The molecule has 0 fully saturated rings. The number of aromatic hydroxyl groups is 1. The number of phenolic OH excluding ortho intramolecular Hbond substituents is 1. The average Bonchev–Trinajstić information content (AvgIpc) is 2.21. The van der Waals surface area contributed by atoms with E-state index in [-0.39, 0.29) is 18.2 Å². The number of hydrogen-bond donors (Lipinski definition) is 3. The first-order valence-electron chi connectivity index (χ1n) is 4.90. The van der Waals surface area contributed by atoms with Gasteiger partial charge in [-0.05, 0) is 31.0 Å². The molecule has 0 spiro atoms. The van der Waals surface area contributed by atoms with Crippen molar-refractivity contribution in [1.82, 2.24) is 0 Å². The van der Waals surface area contributed by atoms with Gasteiger partial charge in [0, 0.05) is 10.6 Å². The zero-order chi connectivity index (χ0) is 11.6. The van der Waals surface area contributed by atoms with Gasteiger partial charge in [-0.15, -0.1) is 12.4 Å². The van der Waals surface area contributed by atoms with Crippen molar-refractivity contribution in [2.45, 2.75) is 32.4 Å². The van der Waals surface area contributed by atoms with Crippen molar-refractivity contribution in [3.63, 3.8) is 0 Å². The number of hydrogen-bond acceptors (Lipinski definition) is 3. The Hall–Kier alpha value is -0.480. The number of rotatable bonds is 3. The highest BCUT2D eigenvalue weighted by atomic mass is 35.5. The van der Waals surface area contributed by atoms with Gasteiger partial charge in [-0.2, -0.15) is 0 Å². The number of aliphatic hydroxyl groups is 1. The normalized spacial score (nSPS) is 14.1. The molecule has 0 heterocycles. The molecule has 0 aromatic heterocycles. The van der Waals surface area contributed by atoms with Crippen LogP contribution in [0.2, 0.25) is 5.02 Å². The molecule has 1 aromatic carbocycles. The molecule has 92 valence electrons. The predicted molar refractivity (Wildman–Crippen MR) is 68.3 cm³/mol. The van der Waals surface area contributed by atoms with Gasteiger partial charge >= 0.3 is 0 Å². The summed E-state index contributed by atoms with van der Waals surface area (Å²) in [7, 11) is 0. The summed E-state index contributed by atoms with van der Waals surface area (Å²) >= 11 is 5.87. The minimum absolute atomic E-state index is 0. The molecule has 5 heteroatoms. The molecule has 0 saturated carbocycles. The van der Waals surface area contributed by atoms with Gasteiger partial charge in [-0.25, -0.2) is 0 Å². The molecule has 0 unspecified atom stereocenters. The number of halogens is 2. The number of benzene rings is 1. The lowest BCUT2D eigenvalue weighted by Crippen LogP contribution is -2.25. The SMILES string of the molecule is CC[C@@H](O)[C@@H](N)c1cc(Cl)cc(C)c1O.Cl. The third-order valence-electron chi connectivity index (χ3n) is 2.49. The lowest BCUT2D eigenvalue weighted by molar-refractivity contribution is 0.139. The standard InChI is InChI=1S/C11H16ClNO2.ClH/c1-3-9(14)10(13)8-5-7(12)4-6(2)11(8)15;/h4-5,9-10,14-15H,3,13H2,1-2H3;1H/t9-,10+;/m1./s1. The van der Waals surface area contributed by atoms with Crippen molar-refractivity contribution in [2.75, 3.05) is 0 Å². The second-order valence-electron chi connectivity index (χ2n) is 3.66. The molecule has 0 saturated heterocycles. The summed E-state index contributed by atoms with van der Waals surface area (Å²) < 4.78 is 0. The van der Waals surface area contributed by atoms with Crippen molar-refractivity contribution in [2.24, 2.45) is 5.73 Å². The summed E-state index contributed by atoms with van der Waals surface area (Å²) in [6.07, 6.45) is -0.139. The molecule has 0 aliphatic heterocycles. The van der Waals surface area contributed by atoms with Crippen LogP contribution in [-0.4, -0.2) is 16.3 Å². The summed E-state index contributed by atoms with van der Waals surface area (Å²) in [5.74, 6) is 0.111. The van der Waals surface area contributed by atoms with Crippen LogP contribution in [0.4, 0.5) is 0 Å². The molecule has 16 heavy (non-hydrogen) atoms. The Morgan fingerprint density at radius 3 is 2.50 bits per heavy atom. The molecule has 0 amide bonds. The zero-order valence-corrected chi connectivity index (χ0v) is 10.8. The molecule has 3 nitrogen and oxygen atoms in total. The first kappa shape index (κ1) is 15.5. The summed E-state index contributed by atoms with van der Waals surface area (Å²) in [5.41, 5.74) is 6.98. The molecule has 2 atom stereocenters. The van der Waals surface area contributed by atoms with E-state index >= 15 is 0 Å². The number of phenols is 1. The van der Waals surface area contributed by atoms with E-state index in [4.69, 9.17) is 17.3 Å². The highest BCUT2D eigenvalue weighted by molar-refractivity contribution is 6.30. The molecular weight excluding hydrogens is 249 g/mol. The highest BCUT2D eigenvalue weighted by Gasteiger charge is 2.19. The number of nitrogens with two attached hydrogens (primary N) is 1. The van der Waals surface area contributed by atoms with E-state index in [1.165, 1.54) is 0 Å². The van der Waals surface area contributed by atoms with Crippen LogP contribution in [0.1, 0.15) is 30.5 Å².